The zero-order valence-corrected chi connectivity index (χ0v) is 16.1. The van der Waals surface area contributed by atoms with Crippen LogP contribution in [0.1, 0.15) is 65.7 Å². The van der Waals surface area contributed by atoms with E-state index < -0.39 is 0 Å². The van der Waals surface area contributed by atoms with Crippen molar-refractivity contribution in [3.8, 4) is 0 Å². The number of rotatable bonds is 6. The van der Waals surface area contributed by atoms with E-state index in [9.17, 15) is 9.59 Å². The molecule has 1 saturated heterocycles. The minimum atomic E-state index is -0.101. The summed E-state index contributed by atoms with van der Waals surface area (Å²) in [6.07, 6.45) is 7.75. The van der Waals surface area contributed by atoms with Crippen molar-refractivity contribution in [2.75, 3.05) is 19.6 Å². The fourth-order valence-corrected chi connectivity index (χ4v) is 3.71. The summed E-state index contributed by atoms with van der Waals surface area (Å²) < 4.78 is 0. The standard InChI is InChI=1S/C19H36N4O2/c1-14(2)13-20-18(24)15(3)23-11-9-17(10-12-23)22-19(25)21-16-7-5-4-6-8-16/h14-17H,4-13H2,1-3H3,(H,20,24)(H2,21,22,25). The van der Waals surface area contributed by atoms with Gasteiger partial charge in [0.1, 0.15) is 0 Å². The number of likely N-dealkylation sites (tertiary alicyclic amines) is 1. The topological polar surface area (TPSA) is 73.5 Å². The van der Waals surface area contributed by atoms with E-state index in [-0.39, 0.29) is 24.0 Å². The highest BCUT2D eigenvalue weighted by Crippen LogP contribution is 2.17. The molecule has 25 heavy (non-hydrogen) atoms. The highest BCUT2D eigenvalue weighted by atomic mass is 16.2. The maximum atomic E-state index is 12.2. The first-order valence-corrected chi connectivity index (χ1v) is 10.0. The first kappa shape index (κ1) is 20.0. The van der Waals surface area contributed by atoms with E-state index in [1.165, 1.54) is 19.3 Å². The Balaban J connectivity index is 1.66. The Morgan fingerprint density at radius 2 is 1.48 bits per heavy atom. The number of nitrogens with one attached hydrogen (secondary N) is 3. The van der Waals surface area contributed by atoms with E-state index >= 15 is 0 Å². The normalized spacial score (nSPS) is 21.8. The van der Waals surface area contributed by atoms with Gasteiger partial charge in [-0.3, -0.25) is 9.69 Å². The van der Waals surface area contributed by atoms with Gasteiger partial charge < -0.3 is 16.0 Å². The average Bonchev–Trinajstić information content (AvgIpc) is 2.60. The molecule has 6 nitrogen and oxygen atoms in total. The van der Waals surface area contributed by atoms with Crippen molar-refractivity contribution >= 4 is 11.9 Å². The lowest BCUT2D eigenvalue weighted by molar-refractivity contribution is -0.126. The second-order valence-electron chi connectivity index (χ2n) is 8.08. The Morgan fingerprint density at radius 3 is 2.04 bits per heavy atom. The molecule has 2 rings (SSSR count). The van der Waals surface area contributed by atoms with Gasteiger partial charge >= 0.3 is 6.03 Å². The van der Waals surface area contributed by atoms with Crippen LogP contribution in [0.4, 0.5) is 4.79 Å². The van der Waals surface area contributed by atoms with E-state index in [0.29, 0.717) is 12.0 Å². The predicted molar refractivity (Wildman–Crippen MR) is 100 cm³/mol. The Kier molecular flexibility index (Phi) is 8.00. The molecule has 0 aromatic rings. The minimum Gasteiger partial charge on any atom is -0.354 e. The third-order valence-corrected chi connectivity index (χ3v) is 5.42. The fraction of sp³-hybridized carbons (Fsp3) is 0.895. The summed E-state index contributed by atoms with van der Waals surface area (Å²) in [5.41, 5.74) is 0. The fourth-order valence-electron chi connectivity index (χ4n) is 3.71. The molecule has 0 spiro atoms. The largest absolute Gasteiger partial charge is 0.354 e. The van der Waals surface area contributed by atoms with Crippen molar-refractivity contribution < 1.29 is 9.59 Å². The maximum absolute atomic E-state index is 12.2. The molecule has 1 heterocycles. The summed E-state index contributed by atoms with van der Waals surface area (Å²) in [6.45, 7) is 8.60. The molecule has 0 radical (unpaired) electrons. The molecule has 2 aliphatic rings. The van der Waals surface area contributed by atoms with Gasteiger partial charge in [-0.1, -0.05) is 33.1 Å². The van der Waals surface area contributed by atoms with Crippen LogP contribution < -0.4 is 16.0 Å². The molecule has 1 aliphatic heterocycles. The van der Waals surface area contributed by atoms with Crippen LogP contribution >= 0.6 is 0 Å². The number of carbonyl (C=O) groups excluding carboxylic acids is 2. The number of hydrogen-bond acceptors (Lipinski definition) is 3. The Morgan fingerprint density at radius 1 is 0.920 bits per heavy atom. The summed E-state index contributed by atoms with van der Waals surface area (Å²) in [6, 6.07) is 0.438. The zero-order chi connectivity index (χ0) is 18.2. The second-order valence-corrected chi connectivity index (χ2v) is 8.08. The molecular formula is C19H36N4O2. The van der Waals surface area contributed by atoms with Crippen molar-refractivity contribution in [2.45, 2.75) is 83.8 Å². The van der Waals surface area contributed by atoms with E-state index in [4.69, 9.17) is 0 Å². The Bertz CT molecular complexity index is 427. The molecule has 0 aromatic carbocycles. The van der Waals surface area contributed by atoms with Gasteiger partial charge in [0, 0.05) is 31.7 Å². The second kappa shape index (κ2) is 10.00. The van der Waals surface area contributed by atoms with E-state index in [2.05, 4.69) is 34.7 Å². The SMILES string of the molecule is CC(C)CNC(=O)C(C)N1CCC(NC(=O)NC2CCCCC2)CC1. The molecule has 1 aliphatic carbocycles. The highest BCUT2D eigenvalue weighted by Gasteiger charge is 2.27. The summed E-state index contributed by atoms with van der Waals surface area (Å²) in [5.74, 6) is 0.573. The number of nitrogens with zero attached hydrogens (tertiary/aromatic N) is 1. The zero-order valence-electron chi connectivity index (χ0n) is 16.1. The van der Waals surface area contributed by atoms with Crippen molar-refractivity contribution in [3.05, 3.63) is 0 Å². The molecule has 0 bridgehead atoms. The predicted octanol–water partition coefficient (Wildman–Crippen LogP) is 2.24. The van der Waals surface area contributed by atoms with Crippen LogP contribution in [-0.4, -0.2) is 54.6 Å². The third-order valence-electron chi connectivity index (χ3n) is 5.42. The van der Waals surface area contributed by atoms with Gasteiger partial charge in [-0.15, -0.1) is 0 Å². The van der Waals surface area contributed by atoms with Crippen molar-refractivity contribution in [1.82, 2.24) is 20.9 Å². The van der Waals surface area contributed by atoms with Crippen LogP contribution in [0.5, 0.6) is 0 Å². The minimum absolute atomic E-state index is 0.0203. The lowest BCUT2D eigenvalue weighted by atomic mass is 9.96. The number of hydrogen-bond donors (Lipinski definition) is 3. The van der Waals surface area contributed by atoms with Gasteiger partial charge in [-0.2, -0.15) is 0 Å². The number of amides is 3. The van der Waals surface area contributed by atoms with Gasteiger partial charge in [-0.05, 0) is 38.5 Å². The quantitative estimate of drug-likeness (QED) is 0.686. The van der Waals surface area contributed by atoms with Crippen LogP contribution in [0.25, 0.3) is 0 Å². The molecule has 3 amide bonds. The lowest BCUT2D eigenvalue weighted by Crippen LogP contribution is -2.53. The van der Waals surface area contributed by atoms with Crippen LogP contribution in [0.3, 0.4) is 0 Å². The highest BCUT2D eigenvalue weighted by molar-refractivity contribution is 5.81. The van der Waals surface area contributed by atoms with Crippen LogP contribution in [0, 0.1) is 5.92 Å². The molecule has 144 valence electrons. The molecule has 2 fully saturated rings. The average molecular weight is 353 g/mol. The number of urea groups is 1. The Labute approximate surface area is 152 Å². The van der Waals surface area contributed by atoms with Gasteiger partial charge in [0.2, 0.25) is 5.91 Å². The third kappa shape index (κ3) is 6.84. The Hall–Kier alpha value is -1.30. The summed E-state index contributed by atoms with van der Waals surface area (Å²) in [4.78, 5) is 26.6. The van der Waals surface area contributed by atoms with Gasteiger partial charge in [0.25, 0.3) is 0 Å². The van der Waals surface area contributed by atoms with Gasteiger partial charge in [-0.25, -0.2) is 4.79 Å². The summed E-state index contributed by atoms with van der Waals surface area (Å²) >= 11 is 0. The van der Waals surface area contributed by atoms with Gasteiger partial charge in [0.15, 0.2) is 0 Å². The molecule has 6 heteroatoms. The van der Waals surface area contributed by atoms with Crippen molar-refractivity contribution in [1.29, 1.82) is 0 Å². The number of piperidine rings is 1. The first-order chi connectivity index (χ1) is 12.0. The first-order valence-electron chi connectivity index (χ1n) is 10.0. The molecule has 3 N–H and O–H groups in total. The van der Waals surface area contributed by atoms with E-state index in [1.54, 1.807) is 0 Å². The summed E-state index contributed by atoms with van der Waals surface area (Å²) in [5, 5.41) is 9.24. The lowest BCUT2D eigenvalue weighted by Gasteiger charge is -2.36. The van der Waals surface area contributed by atoms with E-state index in [0.717, 1.165) is 45.3 Å². The van der Waals surface area contributed by atoms with E-state index in [1.807, 2.05) is 6.92 Å². The molecule has 1 unspecified atom stereocenters. The molecule has 0 aromatic heterocycles. The van der Waals surface area contributed by atoms with Crippen LogP contribution in [-0.2, 0) is 4.79 Å². The van der Waals surface area contributed by atoms with Crippen LogP contribution in [0.2, 0.25) is 0 Å². The van der Waals surface area contributed by atoms with Gasteiger partial charge in [0.05, 0.1) is 6.04 Å². The maximum Gasteiger partial charge on any atom is 0.315 e. The number of carbonyl (C=O) groups is 2. The molecule has 1 atom stereocenters. The van der Waals surface area contributed by atoms with Crippen LogP contribution in [0.15, 0.2) is 0 Å². The van der Waals surface area contributed by atoms with Crippen molar-refractivity contribution in [3.63, 3.8) is 0 Å². The monoisotopic (exact) mass is 352 g/mol. The smallest absolute Gasteiger partial charge is 0.315 e. The van der Waals surface area contributed by atoms with Crippen molar-refractivity contribution in [2.24, 2.45) is 5.92 Å². The molecule has 1 saturated carbocycles. The summed E-state index contributed by atoms with van der Waals surface area (Å²) in [7, 11) is 0. The molecular weight excluding hydrogens is 316 g/mol.